The fourth-order valence-electron chi connectivity index (χ4n) is 0.917. The summed E-state index contributed by atoms with van der Waals surface area (Å²) >= 11 is 3.15. The van der Waals surface area contributed by atoms with Crippen LogP contribution in [0.15, 0.2) is 24.3 Å². The number of terminal acetylenes is 1. The number of hydrogen-bond donors (Lipinski definition) is 0. The van der Waals surface area contributed by atoms with Crippen LogP contribution in [0.1, 0.15) is 100 Å². The van der Waals surface area contributed by atoms with Gasteiger partial charge in [-0.3, -0.25) is 0 Å². The summed E-state index contributed by atoms with van der Waals surface area (Å²) in [6.07, 6.45) is 21.0. The summed E-state index contributed by atoms with van der Waals surface area (Å²) in [7, 11) is 0. The first-order valence-corrected chi connectivity index (χ1v) is 10.9. The second-order valence-corrected chi connectivity index (χ2v) is 5.58. The monoisotopic (exact) mass is 412 g/mol. The molecular weight excluding hydrogens is 368 g/mol. The molecule has 0 aliphatic carbocycles. The molecule has 148 valence electrons. The van der Waals surface area contributed by atoms with Crippen LogP contribution in [-0.2, 0) is 0 Å². The molecule has 0 nitrogen and oxygen atoms in total. The topological polar surface area (TPSA) is 0 Å². The largest absolute Gasteiger partial charge is 0.120 e. The van der Waals surface area contributed by atoms with Gasteiger partial charge in [0.25, 0.3) is 0 Å². The van der Waals surface area contributed by atoms with Gasteiger partial charge in [-0.25, -0.2) is 0 Å². The summed E-state index contributed by atoms with van der Waals surface area (Å²) in [5.74, 6) is 8.33. The van der Waals surface area contributed by atoms with Gasteiger partial charge in [0.15, 0.2) is 0 Å². The van der Waals surface area contributed by atoms with E-state index in [1.54, 1.807) is 0 Å². The molecule has 0 saturated carbocycles. The highest BCUT2D eigenvalue weighted by atomic mass is 79.9. The van der Waals surface area contributed by atoms with Crippen molar-refractivity contribution in [3.05, 3.63) is 24.3 Å². The summed E-state index contributed by atoms with van der Waals surface area (Å²) in [6.45, 7) is 16.7. The molecule has 0 atom stereocenters. The van der Waals surface area contributed by atoms with Gasteiger partial charge >= 0.3 is 0 Å². The lowest BCUT2D eigenvalue weighted by Crippen LogP contribution is -1.52. The predicted molar refractivity (Wildman–Crippen MR) is 126 cm³/mol. The maximum absolute atomic E-state index is 4.78. The van der Waals surface area contributed by atoms with Crippen molar-refractivity contribution in [2.24, 2.45) is 0 Å². The Morgan fingerprint density at radius 1 is 0.600 bits per heavy atom. The Labute approximate surface area is 170 Å². The highest BCUT2D eigenvalue weighted by molar-refractivity contribution is 9.09. The zero-order valence-corrected chi connectivity index (χ0v) is 20.0. The molecule has 0 unspecified atom stereocenters. The summed E-state index contributed by atoms with van der Waals surface area (Å²) in [5.41, 5.74) is 0. The average Bonchev–Trinajstić information content (AvgIpc) is 2.64. The molecule has 0 amide bonds. The van der Waals surface area contributed by atoms with Crippen molar-refractivity contribution in [2.45, 2.75) is 100 Å². The van der Waals surface area contributed by atoms with Crippen LogP contribution in [0.25, 0.3) is 0 Å². The van der Waals surface area contributed by atoms with Crippen molar-refractivity contribution in [1.29, 1.82) is 0 Å². The van der Waals surface area contributed by atoms with E-state index in [0.717, 1.165) is 24.6 Å². The standard InChI is InChI=1S/2C6H12.C6H10.C4H6.C2H5Br/c3*1-3-5-6-4-2;1-3-4-2;1-2-3/h2*5-6H,3-4H2,1-2H3;3-4H2,1-2H3;1H,4H2,2H3;2H2,1H3/b6-5+;6-5-;;;. The van der Waals surface area contributed by atoms with Crippen molar-refractivity contribution in [2.75, 3.05) is 5.33 Å². The van der Waals surface area contributed by atoms with Crippen LogP contribution in [0, 0.1) is 24.2 Å². The zero-order valence-electron chi connectivity index (χ0n) is 18.4. The third-order valence-corrected chi connectivity index (χ3v) is 1.96. The SMILES string of the molecule is C#CCC.CC/C=C/CC.CC/C=C\CC.CCBr.CCC#CCC. The molecule has 0 saturated heterocycles. The smallest absolute Gasteiger partial charge is 0.00602 e. The van der Waals surface area contributed by atoms with Gasteiger partial charge in [-0.1, -0.05) is 95.6 Å². The number of alkyl halides is 1. The molecule has 0 fully saturated rings. The van der Waals surface area contributed by atoms with Crippen LogP contribution >= 0.6 is 15.9 Å². The van der Waals surface area contributed by atoms with Crippen molar-refractivity contribution in [1.82, 2.24) is 0 Å². The van der Waals surface area contributed by atoms with E-state index in [0.29, 0.717) is 0 Å². The number of hydrogen-bond acceptors (Lipinski definition) is 0. The Hall–Kier alpha value is -0.920. The van der Waals surface area contributed by atoms with E-state index in [2.05, 4.69) is 99.5 Å². The van der Waals surface area contributed by atoms with Gasteiger partial charge in [0.1, 0.15) is 0 Å². The fraction of sp³-hybridized carbons (Fsp3) is 0.667. The van der Waals surface area contributed by atoms with Crippen LogP contribution in [0.4, 0.5) is 0 Å². The summed E-state index contributed by atoms with van der Waals surface area (Å²) < 4.78 is 0. The lowest BCUT2D eigenvalue weighted by Gasteiger charge is -1.72. The minimum atomic E-state index is 0.847. The molecule has 25 heavy (non-hydrogen) atoms. The van der Waals surface area contributed by atoms with E-state index in [4.69, 9.17) is 6.42 Å². The lowest BCUT2D eigenvalue weighted by atomic mass is 10.4. The van der Waals surface area contributed by atoms with Gasteiger partial charge in [0.05, 0.1) is 0 Å². The maximum Gasteiger partial charge on any atom is 0.00602 e. The van der Waals surface area contributed by atoms with E-state index < -0.39 is 0 Å². The Morgan fingerprint density at radius 3 is 0.880 bits per heavy atom. The predicted octanol–water partition coefficient (Wildman–Crippen LogP) is 8.97. The Morgan fingerprint density at radius 2 is 0.800 bits per heavy atom. The maximum atomic E-state index is 4.78. The minimum absolute atomic E-state index is 0.847. The second kappa shape index (κ2) is 56.8. The van der Waals surface area contributed by atoms with E-state index in [9.17, 15) is 0 Å². The molecule has 0 aliphatic heterocycles. The van der Waals surface area contributed by atoms with Crippen LogP contribution in [0.3, 0.4) is 0 Å². The minimum Gasteiger partial charge on any atom is -0.120 e. The van der Waals surface area contributed by atoms with E-state index >= 15 is 0 Å². The van der Waals surface area contributed by atoms with Crippen molar-refractivity contribution >= 4 is 15.9 Å². The number of allylic oxidation sites excluding steroid dienone is 4. The van der Waals surface area contributed by atoms with Crippen LogP contribution < -0.4 is 0 Å². The second-order valence-electron chi connectivity index (χ2n) is 4.46. The highest BCUT2D eigenvalue weighted by Crippen LogP contribution is 1.82. The molecular formula is C24H45Br. The third-order valence-electron chi connectivity index (χ3n) is 1.96. The molecule has 0 aromatic heterocycles. The van der Waals surface area contributed by atoms with Gasteiger partial charge < -0.3 is 0 Å². The molecule has 0 aliphatic rings. The van der Waals surface area contributed by atoms with Gasteiger partial charge in [0, 0.05) is 24.6 Å². The van der Waals surface area contributed by atoms with Crippen LogP contribution in [-0.4, -0.2) is 5.33 Å². The van der Waals surface area contributed by atoms with Gasteiger partial charge in [-0.2, -0.15) is 0 Å². The Kier molecular flexibility index (Phi) is 80.0. The summed E-state index contributed by atoms with van der Waals surface area (Å²) in [4.78, 5) is 0. The number of halogens is 1. The first-order valence-electron chi connectivity index (χ1n) is 9.82. The summed E-state index contributed by atoms with van der Waals surface area (Å²) in [6, 6.07) is 0. The lowest BCUT2D eigenvalue weighted by molar-refractivity contribution is 1.16. The molecule has 1 heteroatoms. The Bertz CT molecular complexity index is 273. The number of rotatable bonds is 4. The quantitative estimate of drug-likeness (QED) is 0.245. The first kappa shape index (κ1) is 35.2. The van der Waals surface area contributed by atoms with Crippen molar-refractivity contribution in [3.8, 4) is 24.2 Å². The molecule has 0 bridgehead atoms. The van der Waals surface area contributed by atoms with Crippen molar-refractivity contribution < 1.29 is 0 Å². The van der Waals surface area contributed by atoms with Gasteiger partial charge in [-0.15, -0.1) is 24.2 Å². The molecule has 0 spiro atoms. The van der Waals surface area contributed by atoms with Gasteiger partial charge in [-0.05, 0) is 25.7 Å². The van der Waals surface area contributed by atoms with Crippen molar-refractivity contribution in [3.63, 3.8) is 0 Å². The normalized spacial score (nSPS) is 8.00. The van der Waals surface area contributed by atoms with Crippen LogP contribution in [0.2, 0.25) is 0 Å². The third kappa shape index (κ3) is 124. The fourth-order valence-corrected chi connectivity index (χ4v) is 0.917. The van der Waals surface area contributed by atoms with E-state index in [1.165, 1.54) is 25.7 Å². The van der Waals surface area contributed by atoms with Gasteiger partial charge in [0.2, 0.25) is 0 Å². The van der Waals surface area contributed by atoms with E-state index in [-0.39, 0.29) is 0 Å². The van der Waals surface area contributed by atoms with Crippen LogP contribution in [0.5, 0.6) is 0 Å². The molecule has 0 aromatic rings. The molecule has 0 rings (SSSR count). The average molecular weight is 414 g/mol. The zero-order chi connectivity index (χ0) is 20.6. The molecule has 0 heterocycles. The van der Waals surface area contributed by atoms with E-state index in [1.807, 2.05) is 13.8 Å². The first-order chi connectivity index (χ1) is 12.1. The highest BCUT2D eigenvalue weighted by Gasteiger charge is 1.60. The summed E-state index contributed by atoms with van der Waals surface area (Å²) in [5, 5.41) is 1.06. The molecule has 0 aromatic carbocycles. The molecule has 0 N–H and O–H groups in total. The molecule has 0 radical (unpaired) electrons. The Balaban J connectivity index is -0.0000000682.